The lowest BCUT2D eigenvalue weighted by Gasteiger charge is -2.26. The van der Waals surface area contributed by atoms with E-state index >= 15 is 0 Å². The molecule has 11 rings (SSSR count). The van der Waals surface area contributed by atoms with Crippen LogP contribution in [0.4, 0.5) is 17.1 Å². The van der Waals surface area contributed by atoms with E-state index in [1.165, 1.54) is 11.1 Å². The molecule has 0 spiro atoms. The summed E-state index contributed by atoms with van der Waals surface area (Å²) < 4.78 is 12.6. The van der Waals surface area contributed by atoms with E-state index in [0.29, 0.717) is 0 Å². The smallest absolute Gasteiger partial charge is 0.143 e. The van der Waals surface area contributed by atoms with E-state index in [2.05, 4.69) is 181 Å². The fraction of sp³-hybridized carbons (Fsp3) is 0. The van der Waals surface area contributed by atoms with Gasteiger partial charge in [0.05, 0.1) is 0 Å². The first-order valence-corrected chi connectivity index (χ1v) is 18.7. The predicted octanol–water partition coefficient (Wildman–Crippen LogP) is 15.1. The molecule has 0 aliphatic heterocycles. The molecule has 2 heterocycles. The summed E-state index contributed by atoms with van der Waals surface area (Å²) >= 11 is 0. The summed E-state index contributed by atoms with van der Waals surface area (Å²) in [5.41, 5.74) is 13.9. The first-order valence-electron chi connectivity index (χ1n) is 18.7. The van der Waals surface area contributed by atoms with Crippen LogP contribution < -0.4 is 4.90 Å². The number of nitrogens with zero attached hydrogens (tertiary/aromatic N) is 1. The van der Waals surface area contributed by atoms with Crippen molar-refractivity contribution in [3.63, 3.8) is 0 Å². The van der Waals surface area contributed by atoms with Gasteiger partial charge in [0.1, 0.15) is 22.3 Å². The lowest BCUT2D eigenvalue weighted by atomic mass is 9.98. The summed E-state index contributed by atoms with van der Waals surface area (Å²) in [5, 5.41) is 6.84. The number of hydrogen-bond donors (Lipinski definition) is 0. The van der Waals surface area contributed by atoms with E-state index in [-0.39, 0.29) is 0 Å². The van der Waals surface area contributed by atoms with Crippen LogP contribution in [0, 0.1) is 0 Å². The SMILES string of the molecule is c1ccc(-c2ccc(N(c3ccc(-c4ccc5c(ccc6c7ccccc7oc56)c4)cc3)c3cccc(-c4cccc5oc6ccccc6c45)c3)cc2)cc1. The minimum Gasteiger partial charge on any atom is -0.456 e. The molecule has 0 amide bonds. The van der Waals surface area contributed by atoms with Gasteiger partial charge < -0.3 is 13.7 Å². The molecule has 0 saturated carbocycles. The van der Waals surface area contributed by atoms with Crippen LogP contribution in [0.1, 0.15) is 0 Å². The zero-order chi connectivity index (χ0) is 36.3. The molecular formula is C52H33NO2. The van der Waals surface area contributed by atoms with Gasteiger partial charge >= 0.3 is 0 Å². The highest BCUT2D eigenvalue weighted by Crippen LogP contribution is 2.42. The third kappa shape index (κ3) is 5.28. The van der Waals surface area contributed by atoms with Gasteiger partial charge in [0, 0.05) is 44.0 Å². The fourth-order valence-electron chi connectivity index (χ4n) is 8.20. The number of para-hydroxylation sites is 2. The van der Waals surface area contributed by atoms with Crippen molar-refractivity contribution < 1.29 is 8.83 Å². The Labute approximate surface area is 317 Å². The molecule has 0 radical (unpaired) electrons. The molecular weight excluding hydrogens is 671 g/mol. The van der Waals surface area contributed by atoms with Gasteiger partial charge in [-0.3, -0.25) is 0 Å². The molecule has 0 atom stereocenters. The largest absolute Gasteiger partial charge is 0.456 e. The molecule has 0 N–H and O–H groups in total. The molecule has 0 bridgehead atoms. The van der Waals surface area contributed by atoms with Crippen molar-refractivity contribution in [2.75, 3.05) is 4.90 Å². The van der Waals surface area contributed by atoms with E-state index in [1.54, 1.807) is 0 Å². The summed E-state index contributed by atoms with van der Waals surface area (Å²) in [6, 6.07) is 71.0. The number of furan rings is 2. The van der Waals surface area contributed by atoms with Gasteiger partial charge in [-0.15, -0.1) is 0 Å². The molecule has 0 aliphatic carbocycles. The minimum atomic E-state index is 0.892. The van der Waals surface area contributed by atoms with E-state index in [0.717, 1.165) is 94.0 Å². The van der Waals surface area contributed by atoms with Gasteiger partial charge in [-0.2, -0.15) is 0 Å². The molecule has 3 heteroatoms. The molecule has 2 aromatic heterocycles. The summed E-state index contributed by atoms with van der Waals surface area (Å²) in [7, 11) is 0. The number of anilines is 3. The molecule has 55 heavy (non-hydrogen) atoms. The maximum absolute atomic E-state index is 6.33. The van der Waals surface area contributed by atoms with Crippen LogP contribution in [0.3, 0.4) is 0 Å². The van der Waals surface area contributed by atoms with Gasteiger partial charge in [-0.1, -0.05) is 127 Å². The summed E-state index contributed by atoms with van der Waals surface area (Å²) in [5.74, 6) is 0. The highest BCUT2D eigenvalue weighted by Gasteiger charge is 2.17. The normalized spacial score (nSPS) is 11.6. The van der Waals surface area contributed by atoms with Crippen LogP contribution in [0.5, 0.6) is 0 Å². The van der Waals surface area contributed by atoms with Crippen molar-refractivity contribution in [1.29, 1.82) is 0 Å². The zero-order valence-electron chi connectivity index (χ0n) is 29.8. The second-order valence-electron chi connectivity index (χ2n) is 14.1. The molecule has 3 nitrogen and oxygen atoms in total. The highest BCUT2D eigenvalue weighted by molar-refractivity contribution is 6.15. The van der Waals surface area contributed by atoms with Gasteiger partial charge in [-0.25, -0.2) is 0 Å². The Balaban J connectivity index is 1.00. The molecule has 0 fully saturated rings. The number of hydrogen-bond acceptors (Lipinski definition) is 3. The Bertz CT molecular complexity index is 3190. The Kier molecular flexibility index (Phi) is 7.17. The zero-order valence-corrected chi connectivity index (χ0v) is 29.8. The predicted molar refractivity (Wildman–Crippen MR) is 229 cm³/mol. The second kappa shape index (κ2) is 12.6. The average Bonchev–Trinajstić information content (AvgIpc) is 3.84. The third-order valence-electron chi connectivity index (χ3n) is 10.9. The van der Waals surface area contributed by atoms with Crippen molar-refractivity contribution >= 4 is 71.7 Å². The summed E-state index contributed by atoms with van der Waals surface area (Å²) in [6.45, 7) is 0. The molecule has 0 aliphatic rings. The summed E-state index contributed by atoms with van der Waals surface area (Å²) in [4.78, 5) is 2.34. The van der Waals surface area contributed by atoms with E-state index in [1.807, 2.05) is 24.3 Å². The Morgan fingerprint density at radius 1 is 0.309 bits per heavy atom. The number of fused-ring (bicyclic) bond motifs is 8. The van der Waals surface area contributed by atoms with Crippen molar-refractivity contribution in [2.45, 2.75) is 0 Å². The first kappa shape index (κ1) is 31.2. The van der Waals surface area contributed by atoms with Crippen molar-refractivity contribution in [1.82, 2.24) is 0 Å². The van der Waals surface area contributed by atoms with Crippen molar-refractivity contribution in [3.05, 3.63) is 200 Å². The maximum Gasteiger partial charge on any atom is 0.143 e. The minimum absolute atomic E-state index is 0.892. The first-order chi connectivity index (χ1) is 27.2. The molecule has 0 saturated heterocycles. The van der Waals surface area contributed by atoms with Crippen LogP contribution in [-0.4, -0.2) is 0 Å². The van der Waals surface area contributed by atoms with Crippen LogP contribution in [0.2, 0.25) is 0 Å². The molecule has 0 unspecified atom stereocenters. The van der Waals surface area contributed by atoms with Crippen LogP contribution in [0.25, 0.3) is 88.0 Å². The summed E-state index contributed by atoms with van der Waals surface area (Å²) in [6.07, 6.45) is 0. The van der Waals surface area contributed by atoms with Crippen molar-refractivity contribution in [3.8, 4) is 33.4 Å². The fourth-order valence-corrected chi connectivity index (χ4v) is 8.20. The molecule has 9 aromatic carbocycles. The average molecular weight is 704 g/mol. The van der Waals surface area contributed by atoms with Gasteiger partial charge in [0.25, 0.3) is 0 Å². The molecule has 11 aromatic rings. The van der Waals surface area contributed by atoms with E-state index < -0.39 is 0 Å². The number of rotatable bonds is 6. The Morgan fingerprint density at radius 2 is 0.891 bits per heavy atom. The lowest BCUT2D eigenvalue weighted by Crippen LogP contribution is -2.10. The topological polar surface area (TPSA) is 29.5 Å². The van der Waals surface area contributed by atoms with Gasteiger partial charge in [0.2, 0.25) is 0 Å². The van der Waals surface area contributed by atoms with Crippen molar-refractivity contribution in [2.24, 2.45) is 0 Å². The van der Waals surface area contributed by atoms with Crippen LogP contribution in [-0.2, 0) is 0 Å². The number of benzene rings is 9. The van der Waals surface area contributed by atoms with Crippen LogP contribution in [0.15, 0.2) is 209 Å². The van der Waals surface area contributed by atoms with Crippen LogP contribution >= 0.6 is 0 Å². The monoisotopic (exact) mass is 703 g/mol. The highest BCUT2D eigenvalue weighted by atomic mass is 16.3. The molecule has 258 valence electrons. The second-order valence-corrected chi connectivity index (χ2v) is 14.1. The third-order valence-corrected chi connectivity index (χ3v) is 10.9. The van der Waals surface area contributed by atoms with Gasteiger partial charge in [-0.05, 0) is 112 Å². The Morgan fingerprint density at radius 3 is 1.67 bits per heavy atom. The van der Waals surface area contributed by atoms with Gasteiger partial charge in [0.15, 0.2) is 0 Å². The quantitative estimate of drug-likeness (QED) is 0.173. The maximum atomic E-state index is 6.33. The standard InChI is InChI=1S/C52H33NO2/c1-2-10-34(11-3-1)35-20-26-40(27-21-35)53(42-13-8-12-38(33-42)43-16-9-19-50-51(43)47-15-5-7-18-49(47)54-50)41-28-22-36(23-29-41)37-24-30-44-39(32-37)25-31-46-45-14-4-6-17-48(45)55-52(44)46/h1-33H. The Hall–Kier alpha value is -7.36. The van der Waals surface area contributed by atoms with E-state index in [4.69, 9.17) is 8.83 Å². The van der Waals surface area contributed by atoms with E-state index in [9.17, 15) is 0 Å². The lowest BCUT2D eigenvalue weighted by molar-refractivity contribution is 0.669.